The van der Waals surface area contributed by atoms with Gasteiger partial charge in [-0.05, 0) is 26.2 Å². The summed E-state index contributed by atoms with van der Waals surface area (Å²) in [6, 6.07) is 0.647. The third kappa shape index (κ3) is 5.05. The number of nitrogens with one attached hydrogen (secondary N) is 2. The first-order valence-corrected chi connectivity index (χ1v) is 6.41. The molecular formula is C12H25N3. The van der Waals surface area contributed by atoms with Crippen molar-refractivity contribution in [3.8, 4) is 0 Å². The van der Waals surface area contributed by atoms with Gasteiger partial charge < -0.3 is 10.6 Å². The first-order valence-electron chi connectivity index (χ1n) is 6.41. The van der Waals surface area contributed by atoms with Gasteiger partial charge in [-0.2, -0.15) is 0 Å². The van der Waals surface area contributed by atoms with E-state index >= 15 is 0 Å². The van der Waals surface area contributed by atoms with Gasteiger partial charge in [0.1, 0.15) is 0 Å². The summed E-state index contributed by atoms with van der Waals surface area (Å²) in [6.07, 6.45) is 7.85. The molecule has 88 valence electrons. The second kappa shape index (κ2) is 7.55. The summed E-state index contributed by atoms with van der Waals surface area (Å²) in [6.45, 7) is 6.14. The van der Waals surface area contributed by atoms with E-state index in [1.165, 1.54) is 32.1 Å². The molecule has 1 rings (SSSR count). The molecule has 0 aromatic rings. The average Bonchev–Trinajstić information content (AvgIpc) is 2.28. The Balaban J connectivity index is 2.34. The van der Waals surface area contributed by atoms with Crippen LogP contribution in [-0.4, -0.2) is 25.1 Å². The summed E-state index contributed by atoms with van der Waals surface area (Å²) in [5, 5.41) is 6.83. The van der Waals surface area contributed by atoms with Crippen LogP contribution in [0.3, 0.4) is 0 Å². The maximum atomic E-state index is 4.52. The van der Waals surface area contributed by atoms with Crippen LogP contribution in [0.1, 0.15) is 52.4 Å². The molecule has 0 heterocycles. The van der Waals surface area contributed by atoms with Gasteiger partial charge in [0.05, 0.1) is 0 Å². The normalized spacial score (nSPS) is 18.9. The minimum Gasteiger partial charge on any atom is -0.357 e. The molecule has 0 unspecified atom stereocenters. The molecule has 0 amide bonds. The highest BCUT2D eigenvalue weighted by Crippen LogP contribution is 2.17. The molecule has 1 aliphatic carbocycles. The maximum absolute atomic E-state index is 4.52. The average molecular weight is 211 g/mol. The SMILES string of the molecule is CCCN=C(NCC)NC1CCCCC1. The molecule has 0 radical (unpaired) electrons. The van der Waals surface area contributed by atoms with Crippen LogP contribution in [0.4, 0.5) is 0 Å². The van der Waals surface area contributed by atoms with E-state index in [0.29, 0.717) is 6.04 Å². The van der Waals surface area contributed by atoms with Gasteiger partial charge >= 0.3 is 0 Å². The lowest BCUT2D eigenvalue weighted by Gasteiger charge is -2.24. The Morgan fingerprint density at radius 1 is 1.20 bits per heavy atom. The van der Waals surface area contributed by atoms with Crippen molar-refractivity contribution >= 4 is 5.96 Å². The van der Waals surface area contributed by atoms with Gasteiger partial charge in [-0.15, -0.1) is 0 Å². The Labute approximate surface area is 93.7 Å². The molecule has 1 aliphatic rings. The van der Waals surface area contributed by atoms with E-state index in [4.69, 9.17) is 0 Å². The van der Waals surface area contributed by atoms with Crippen molar-refractivity contribution in [1.82, 2.24) is 10.6 Å². The van der Waals surface area contributed by atoms with Crippen LogP contribution >= 0.6 is 0 Å². The van der Waals surface area contributed by atoms with E-state index in [1.807, 2.05) is 0 Å². The lowest BCUT2D eigenvalue weighted by atomic mass is 9.96. The zero-order valence-electron chi connectivity index (χ0n) is 10.2. The smallest absolute Gasteiger partial charge is 0.191 e. The van der Waals surface area contributed by atoms with Gasteiger partial charge in [0, 0.05) is 19.1 Å². The number of nitrogens with zero attached hydrogens (tertiary/aromatic N) is 1. The number of aliphatic imine (C=N–C) groups is 1. The lowest BCUT2D eigenvalue weighted by molar-refractivity contribution is 0.410. The van der Waals surface area contributed by atoms with Crippen molar-refractivity contribution in [2.24, 2.45) is 4.99 Å². The van der Waals surface area contributed by atoms with Crippen molar-refractivity contribution in [3.05, 3.63) is 0 Å². The van der Waals surface area contributed by atoms with E-state index in [2.05, 4.69) is 29.5 Å². The van der Waals surface area contributed by atoms with Gasteiger partial charge in [0.25, 0.3) is 0 Å². The molecule has 15 heavy (non-hydrogen) atoms. The van der Waals surface area contributed by atoms with Crippen molar-refractivity contribution in [3.63, 3.8) is 0 Å². The van der Waals surface area contributed by atoms with E-state index in [-0.39, 0.29) is 0 Å². The molecule has 0 spiro atoms. The van der Waals surface area contributed by atoms with Crippen LogP contribution in [0, 0.1) is 0 Å². The first-order chi connectivity index (χ1) is 7.36. The largest absolute Gasteiger partial charge is 0.357 e. The van der Waals surface area contributed by atoms with Crippen molar-refractivity contribution in [1.29, 1.82) is 0 Å². The highest BCUT2D eigenvalue weighted by molar-refractivity contribution is 5.80. The number of guanidine groups is 1. The second-order valence-electron chi connectivity index (χ2n) is 4.24. The number of hydrogen-bond donors (Lipinski definition) is 2. The van der Waals surface area contributed by atoms with Crippen molar-refractivity contribution in [2.75, 3.05) is 13.1 Å². The Morgan fingerprint density at radius 2 is 1.93 bits per heavy atom. The molecule has 2 N–H and O–H groups in total. The van der Waals surface area contributed by atoms with Gasteiger partial charge in [0.15, 0.2) is 5.96 Å². The van der Waals surface area contributed by atoms with Crippen LogP contribution in [0.25, 0.3) is 0 Å². The standard InChI is InChI=1S/C12H25N3/c1-3-10-14-12(13-4-2)15-11-8-6-5-7-9-11/h11H,3-10H2,1-2H3,(H2,13,14,15). The molecule has 0 aromatic heterocycles. The van der Waals surface area contributed by atoms with Crippen molar-refractivity contribution < 1.29 is 0 Å². The summed E-state index contributed by atoms with van der Waals surface area (Å²) in [5.74, 6) is 1.01. The Morgan fingerprint density at radius 3 is 2.53 bits per heavy atom. The predicted octanol–water partition coefficient (Wildman–Crippen LogP) is 2.28. The van der Waals surface area contributed by atoms with E-state index in [9.17, 15) is 0 Å². The fourth-order valence-corrected chi connectivity index (χ4v) is 1.98. The molecule has 0 atom stereocenters. The van der Waals surface area contributed by atoms with Crippen LogP contribution in [0.15, 0.2) is 4.99 Å². The first kappa shape index (κ1) is 12.3. The van der Waals surface area contributed by atoms with Crippen LogP contribution < -0.4 is 10.6 Å². The molecule has 0 aliphatic heterocycles. The van der Waals surface area contributed by atoms with E-state index in [1.54, 1.807) is 0 Å². The number of rotatable bonds is 4. The molecule has 0 bridgehead atoms. The Bertz CT molecular complexity index is 183. The van der Waals surface area contributed by atoms with Gasteiger partial charge in [-0.1, -0.05) is 26.2 Å². The second-order valence-corrected chi connectivity index (χ2v) is 4.24. The quantitative estimate of drug-likeness (QED) is 0.553. The summed E-state index contributed by atoms with van der Waals surface area (Å²) in [7, 11) is 0. The van der Waals surface area contributed by atoms with Crippen molar-refractivity contribution in [2.45, 2.75) is 58.4 Å². The predicted molar refractivity (Wildman–Crippen MR) is 66.3 cm³/mol. The zero-order valence-corrected chi connectivity index (χ0v) is 10.2. The Hall–Kier alpha value is -0.730. The summed E-state index contributed by atoms with van der Waals surface area (Å²) < 4.78 is 0. The fourth-order valence-electron chi connectivity index (χ4n) is 1.98. The molecule has 0 saturated heterocycles. The summed E-state index contributed by atoms with van der Waals surface area (Å²) >= 11 is 0. The zero-order chi connectivity index (χ0) is 10.9. The van der Waals surface area contributed by atoms with Crippen LogP contribution in [-0.2, 0) is 0 Å². The summed E-state index contributed by atoms with van der Waals surface area (Å²) in [4.78, 5) is 4.52. The summed E-state index contributed by atoms with van der Waals surface area (Å²) in [5.41, 5.74) is 0. The lowest BCUT2D eigenvalue weighted by Crippen LogP contribution is -2.44. The molecule has 3 heteroatoms. The topological polar surface area (TPSA) is 36.4 Å². The van der Waals surface area contributed by atoms with Gasteiger partial charge in [-0.25, -0.2) is 0 Å². The minimum absolute atomic E-state index is 0.647. The molecule has 1 saturated carbocycles. The number of hydrogen-bond acceptors (Lipinski definition) is 1. The highest BCUT2D eigenvalue weighted by Gasteiger charge is 2.13. The van der Waals surface area contributed by atoms with E-state index < -0.39 is 0 Å². The van der Waals surface area contributed by atoms with Crippen LogP contribution in [0.5, 0.6) is 0 Å². The fraction of sp³-hybridized carbons (Fsp3) is 0.917. The third-order valence-corrected chi connectivity index (χ3v) is 2.78. The Kier molecular flexibility index (Phi) is 6.21. The van der Waals surface area contributed by atoms with Crippen LogP contribution in [0.2, 0.25) is 0 Å². The maximum Gasteiger partial charge on any atom is 0.191 e. The minimum atomic E-state index is 0.647. The monoisotopic (exact) mass is 211 g/mol. The molecule has 1 fully saturated rings. The van der Waals surface area contributed by atoms with Gasteiger partial charge in [0.2, 0.25) is 0 Å². The third-order valence-electron chi connectivity index (χ3n) is 2.78. The molecule has 3 nitrogen and oxygen atoms in total. The molecular weight excluding hydrogens is 186 g/mol. The highest BCUT2D eigenvalue weighted by atomic mass is 15.2. The molecule has 0 aromatic carbocycles. The van der Waals surface area contributed by atoms with E-state index in [0.717, 1.165) is 25.5 Å². The van der Waals surface area contributed by atoms with Gasteiger partial charge in [-0.3, -0.25) is 4.99 Å².